The van der Waals surface area contributed by atoms with Crippen LogP contribution in [0.4, 0.5) is 0 Å². The second kappa shape index (κ2) is 4.82. The number of nitrogens with one attached hydrogen (secondary N) is 1. The molecule has 2 saturated carbocycles. The minimum absolute atomic E-state index is 0.367. The zero-order valence-electron chi connectivity index (χ0n) is 12.3. The van der Waals surface area contributed by atoms with Crippen LogP contribution in [0.2, 0.25) is 0 Å². The van der Waals surface area contributed by atoms with Gasteiger partial charge in [0, 0.05) is 18.2 Å². The predicted octanol–water partition coefficient (Wildman–Crippen LogP) is 3.84. The van der Waals surface area contributed by atoms with Gasteiger partial charge in [-0.25, -0.2) is 0 Å². The summed E-state index contributed by atoms with van der Waals surface area (Å²) in [6.45, 7) is 5.57. The Morgan fingerprint density at radius 3 is 2.68 bits per heavy atom. The van der Waals surface area contributed by atoms with E-state index in [1.54, 1.807) is 7.11 Å². The SMILES string of the molecule is COc1ccc(C)cc1C(C)NCC1(C2CC2)CC1. The van der Waals surface area contributed by atoms with Gasteiger partial charge in [-0.15, -0.1) is 0 Å². The molecule has 0 radical (unpaired) electrons. The Labute approximate surface area is 116 Å². The second-order valence-corrected chi connectivity index (χ2v) is 6.48. The van der Waals surface area contributed by atoms with E-state index in [0.29, 0.717) is 11.5 Å². The van der Waals surface area contributed by atoms with Gasteiger partial charge < -0.3 is 10.1 Å². The minimum Gasteiger partial charge on any atom is -0.496 e. The van der Waals surface area contributed by atoms with Gasteiger partial charge in [0.25, 0.3) is 0 Å². The van der Waals surface area contributed by atoms with Gasteiger partial charge in [0.15, 0.2) is 0 Å². The number of methoxy groups -OCH3 is 1. The maximum Gasteiger partial charge on any atom is 0.123 e. The Hall–Kier alpha value is -1.02. The molecule has 1 aromatic rings. The standard InChI is InChI=1S/C17H25NO/c1-12-4-7-16(19-3)15(10-12)13(2)18-11-17(8-9-17)14-5-6-14/h4,7,10,13-14,18H,5-6,8-9,11H2,1-3H3. The fourth-order valence-corrected chi connectivity index (χ4v) is 3.24. The molecular formula is C17H25NO. The lowest BCUT2D eigenvalue weighted by Crippen LogP contribution is -2.28. The Kier molecular flexibility index (Phi) is 3.30. The van der Waals surface area contributed by atoms with Crippen LogP contribution in [0.15, 0.2) is 18.2 Å². The fourth-order valence-electron chi connectivity index (χ4n) is 3.24. The van der Waals surface area contributed by atoms with Gasteiger partial charge in [-0.05, 0) is 56.9 Å². The van der Waals surface area contributed by atoms with Gasteiger partial charge in [0.1, 0.15) is 5.75 Å². The average molecular weight is 259 g/mol. The van der Waals surface area contributed by atoms with Crippen molar-refractivity contribution < 1.29 is 4.74 Å². The number of ether oxygens (including phenoxy) is 1. The summed E-state index contributed by atoms with van der Waals surface area (Å²) in [5.41, 5.74) is 3.24. The molecule has 2 fully saturated rings. The van der Waals surface area contributed by atoms with Crippen molar-refractivity contribution in [3.8, 4) is 5.75 Å². The highest BCUT2D eigenvalue weighted by Gasteiger charge is 2.53. The first kappa shape index (κ1) is 13.0. The van der Waals surface area contributed by atoms with E-state index in [4.69, 9.17) is 4.74 Å². The van der Waals surface area contributed by atoms with Crippen LogP contribution in [0, 0.1) is 18.3 Å². The molecule has 1 unspecified atom stereocenters. The summed E-state index contributed by atoms with van der Waals surface area (Å²) >= 11 is 0. The fraction of sp³-hybridized carbons (Fsp3) is 0.647. The van der Waals surface area contributed by atoms with Crippen molar-refractivity contribution in [2.24, 2.45) is 11.3 Å². The molecule has 1 N–H and O–H groups in total. The summed E-state index contributed by atoms with van der Waals surface area (Å²) in [5.74, 6) is 2.02. The molecule has 0 amide bonds. The summed E-state index contributed by atoms with van der Waals surface area (Å²) in [7, 11) is 1.76. The van der Waals surface area contributed by atoms with Crippen LogP contribution in [0.3, 0.4) is 0 Å². The number of rotatable bonds is 6. The summed E-state index contributed by atoms with van der Waals surface area (Å²) in [6.07, 6.45) is 5.79. The Bertz CT molecular complexity index is 460. The minimum atomic E-state index is 0.367. The smallest absolute Gasteiger partial charge is 0.123 e. The predicted molar refractivity (Wildman–Crippen MR) is 78.5 cm³/mol. The largest absolute Gasteiger partial charge is 0.496 e. The molecule has 0 aromatic heterocycles. The molecular weight excluding hydrogens is 234 g/mol. The van der Waals surface area contributed by atoms with E-state index >= 15 is 0 Å². The first-order valence-corrected chi connectivity index (χ1v) is 7.52. The van der Waals surface area contributed by atoms with Crippen LogP contribution in [0.5, 0.6) is 5.75 Å². The summed E-state index contributed by atoms with van der Waals surface area (Å²) in [6, 6.07) is 6.80. The van der Waals surface area contributed by atoms with Crippen LogP contribution in [-0.4, -0.2) is 13.7 Å². The first-order chi connectivity index (χ1) is 9.14. The monoisotopic (exact) mass is 259 g/mol. The number of aryl methyl sites for hydroxylation is 1. The van der Waals surface area contributed by atoms with Gasteiger partial charge in [0.05, 0.1) is 7.11 Å². The van der Waals surface area contributed by atoms with Crippen LogP contribution in [-0.2, 0) is 0 Å². The molecule has 104 valence electrons. The highest BCUT2D eigenvalue weighted by molar-refractivity contribution is 5.38. The second-order valence-electron chi connectivity index (χ2n) is 6.48. The zero-order valence-corrected chi connectivity index (χ0v) is 12.3. The Morgan fingerprint density at radius 1 is 1.37 bits per heavy atom. The van der Waals surface area contributed by atoms with Crippen molar-refractivity contribution in [2.45, 2.75) is 45.6 Å². The van der Waals surface area contributed by atoms with Crippen LogP contribution in [0.1, 0.15) is 49.8 Å². The zero-order chi connectivity index (χ0) is 13.5. The molecule has 2 heteroatoms. The van der Waals surface area contributed by atoms with E-state index in [9.17, 15) is 0 Å². The molecule has 19 heavy (non-hydrogen) atoms. The van der Waals surface area contributed by atoms with E-state index in [-0.39, 0.29) is 0 Å². The van der Waals surface area contributed by atoms with Crippen molar-refractivity contribution in [1.29, 1.82) is 0 Å². The van der Waals surface area contributed by atoms with Crippen molar-refractivity contribution in [1.82, 2.24) is 5.32 Å². The molecule has 0 bridgehead atoms. The van der Waals surface area contributed by atoms with E-state index in [1.165, 1.54) is 43.4 Å². The lowest BCUT2D eigenvalue weighted by Gasteiger charge is -2.22. The van der Waals surface area contributed by atoms with Crippen LogP contribution < -0.4 is 10.1 Å². The number of benzene rings is 1. The third-order valence-corrected chi connectivity index (χ3v) is 4.95. The molecule has 2 aliphatic carbocycles. The molecule has 0 saturated heterocycles. The third kappa shape index (κ3) is 2.64. The van der Waals surface area contributed by atoms with Crippen molar-refractivity contribution in [2.75, 3.05) is 13.7 Å². The molecule has 2 nitrogen and oxygen atoms in total. The van der Waals surface area contributed by atoms with Crippen molar-refractivity contribution in [3.63, 3.8) is 0 Å². The maximum absolute atomic E-state index is 5.49. The molecule has 0 aliphatic heterocycles. The summed E-state index contributed by atoms with van der Waals surface area (Å²) in [4.78, 5) is 0. The average Bonchev–Trinajstić information content (AvgIpc) is 3.28. The van der Waals surface area contributed by atoms with Gasteiger partial charge in [-0.3, -0.25) is 0 Å². The van der Waals surface area contributed by atoms with Gasteiger partial charge in [0.2, 0.25) is 0 Å². The van der Waals surface area contributed by atoms with Gasteiger partial charge >= 0.3 is 0 Å². The van der Waals surface area contributed by atoms with E-state index < -0.39 is 0 Å². The lowest BCUT2D eigenvalue weighted by atomic mass is 9.99. The maximum atomic E-state index is 5.49. The third-order valence-electron chi connectivity index (χ3n) is 4.95. The summed E-state index contributed by atoms with van der Waals surface area (Å²) < 4.78 is 5.49. The number of hydrogen-bond acceptors (Lipinski definition) is 2. The quantitative estimate of drug-likeness (QED) is 0.838. The first-order valence-electron chi connectivity index (χ1n) is 7.52. The van der Waals surface area contributed by atoms with Gasteiger partial charge in [-0.1, -0.05) is 17.7 Å². The topological polar surface area (TPSA) is 21.3 Å². The van der Waals surface area contributed by atoms with Crippen LogP contribution >= 0.6 is 0 Å². The number of hydrogen-bond donors (Lipinski definition) is 1. The van der Waals surface area contributed by atoms with E-state index in [0.717, 1.165) is 11.7 Å². The Balaban J connectivity index is 1.66. The Morgan fingerprint density at radius 2 is 2.11 bits per heavy atom. The molecule has 0 heterocycles. The highest BCUT2D eigenvalue weighted by Crippen LogP contribution is 2.61. The molecule has 2 aliphatic rings. The van der Waals surface area contributed by atoms with Gasteiger partial charge in [-0.2, -0.15) is 0 Å². The lowest BCUT2D eigenvalue weighted by molar-refractivity contribution is 0.369. The molecule has 0 spiro atoms. The highest BCUT2D eigenvalue weighted by atomic mass is 16.5. The van der Waals surface area contributed by atoms with E-state index in [1.807, 2.05) is 0 Å². The molecule has 1 aromatic carbocycles. The van der Waals surface area contributed by atoms with Crippen molar-refractivity contribution >= 4 is 0 Å². The van der Waals surface area contributed by atoms with Crippen LogP contribution in [0.25, 0.3) is 0 Å². The summed E-state index contributed by atoms with van der Waals surface area (Å²) in [5, 5.41) is 3.74. The van der Waals surface area contributed by atoms with E-state index in [2.05, 4.69) is 37.4 Å². The van der Waals surface area contributed by atoms with Crippen molar-refractivity contribution in [3.05, 3.63) is 29.3 Å². The normalized spacial score (nSPS) is 22.1. The molecule has 3 rings (SSSR count). The molecule has 1 atom stereocenters.